The lowest BCUT2D eigenvalue weighted by atomic mass is 10.0. The largest absolute Gasteiger partial charge is 0.523 e. The molecule has 0 aliphatic carbocycles. The lowest BCUT2D eigenvalue weighted by Crippen LogP contribution is -2.27. The van der Waals surface area contributed by atoms with Crippen LogP contribution in [0.4, 0.5) is 13.2 Å². The second kappa shape index (κ2) is 5.37. The smallest absolute Gasteiger partial charge is 0.261 e. The molecule has 0 saturated heterocycles. The van der Waals surface area contributed by atoms with E-state index in [1.807, 2.05) is 0 Å². The van der Waals surface area contributed by atoms with Crippen LogP contribution in [0.3, 0.4) is 0 Å². The number of hydrogen-bond donors (Lipinski definition) is 0. The lowest BCUT2D eigenvalue weighted by Gasteiger charge is -2.11. The summed E-state index contributed by atoms with van der Waals surface area (Å²) in [6.07, 6.45) is 0. The van der Waals surface area contributed by atoms with Gasteiger partial charge in [0.05, 0.1) is 18.6 Å². The molecule has 0 spiro atoms. The van der Waals surface area contributed by atoms with Crippen LogP contribution in [0.1, 0.15) is 11.5 Å². The molecule has 1 unspecified atom stereocenters. The minimum Gasteiger partial charge on any atom is -0.261 e. The molecular formula is C10H8F3NO3S. The maximum Gasteiger partial charge on any atom is 0.523 e. The SMILES string of the molecule is N#CC(COS(=O)(=O)C(F)(F)F)c1ccccc1. The third-order valence-corrected chi connectivity index (χ3v) is 3.04. The number of halogens is 3. The van der Waals surface area contributed by atoms with Crippen LogP contribution in [-0.2, 0) is 14.3 Å². The Morgan fingerprint density at radius 3 is 2.28 bits per heavy atom. The van der Waals surface area contributed by atoms with E-state index in [9.17, 15) is 21.6 Å². The Morgan fingerprint density at radius 2 is 1.83 bits per heavy atom. The minimum atomic E-state index is -5.66. The molecular weight excluding hydrogens is 271 g/mol. The molecule has 18 heavy (non-hydrogen) atoms. The van der Waals surface area contributed by atoms with Gasteiger partial charge >= 0.3 is 15.6 Å². The lowest BCUT2D eigenvalue weighted by molar-refractivity contribution is -0.0543. The Labute approximate surface area is 102 Å². The highest BCUT2D eigenvalue weighted by molar-refractivity contribution is 7.87. The molecule has 8 heteroatoms. The van der Waals surface area contributed by atoms with E-state index in [-0.39, 0.29) is 0 Å². The zero-order valence-electron chi connectivity index (χ0n) is 8.89. The third-order valence-electron chi connectivity index (χ3n) is 2.03. The van der Waals surface area contributed by atoms with E-state index in [0.29, 0.717) is 5.56 Å². The van der Waals surface area contributed by atoms with Crippen molar-refractivity contribution < 1.29 is 25.8 Å². The normalized spacial score (nSPS) is 13.9. The molecule has 0 aliphatic rings. The molecule has 0 bridgehead atoms. The Kier molecular flexibility index (Phi) is 4.32. The Morgan fingerprint density at radius 1 is 1.28 bits per heavy atom. The van der Waals surface area contributed by atoms with Crippen molar-refractivity contribution in [2.24, 2.45) is 0 Å². The maximum atomic E-state index is 12.0. The van der Waals surface area contributed by atoms with Crippen molar-refractivity contribution >= 4 is 10.1 Å². The molecule has 98 valence electrons. The second-order valence-electron chi connectivity index (χ2n) is 3.28. The van der Waals surface area contributed by atoms with Crippen molar-refractivity contribution in [1.82, 2.24) is 0 Å². The first-order valence-electron chi connectivity index (χ1n) is 4.68. The molecule has 1 rings (SSSR count). The molecule has 1 atom stereocenters. The van der Waals surface area contributed by atoms with Crippen LogP contribution in [0.15, 0.2) is 30.3 Å². The number of alkyl halides is 3. The molecule has 0 aliphatic heterocycles. The van der Waals surface area contributed by atoms with E-state index >= 15 is 0 Å². The van der Waals surface area contributed by atoms with Gasteiger partial charge in [-0.1, -0.05) is 30.3 Å². The van der Waals surface area contributed by atoms with Gasteiger partial charge in [0.1, 0.15) is 0 Å². The average Bonchev–Trinajstić information content (AvgIpc) is 2.29. The fraction of sp³-hybridized carbons (Fsp3) is 0.300. The number of benzene rings is 1. The van der Waals surface area contributed by atoms with Gasteiger partial charge in [0.15, 0.2) is 0 Å². The van der Waals surface area contributed by atoms with Crippen LogP contribution in [0.5, 0.6) is 0 Å². The Balaban J connectivity index is 2.77. The first kappa shape index (κ1) is 14.5. The summed E-state index contributed by atoms with van der Waals surface area (Å²) in [6.45, 7) is -0.873. The molecule has 0 fully saturated rings. The van der Waals surface area contributed by atoms with Gasteiger partial charge in [0, 0.05) is 0 Å². The molecule has 1 aromatic carbocycles. The quantitative estimate of drug-likeness (QED) is 0.625. The average molecular weight is 279 g/mol. The molecule has 4 nitrogen and oxygen atoms in total. The summed E-state index contributed by atoms with van der Waals surface area (Å²) in [5, 5.41) is 8.77. The maximum absolute atomic E-state index is 12.0. The van der Waals surface area contributed by atoms with E-state index < -0.39 is 28.2 Å². The van der Waals surface area contributed by atoms with Crippen LogP contribution >= 0.6 is 0 Å². The van der Waals surface area contributed by atoms with Gasteiger partial charge in [-0.2, -0.15) is 26.9 Å². The van der Waals surface area contributed by atoms with Gasteiger partial charge in [-0.05, 0) is 5.56 Å². The monoisotopic (exact) mass is 279 g/mol. The summed E-state index contributed by atoms with van der Waals surface area (Å²) in [4.78, 5) is 0. The zero-order valence-corrected chi connectivity index (χ0v) is 9.70. The van der Waals surface area contributed by atoms with Gasteiger partial charge in [-0.3, -0.25) is 4.18 Å². The van der Waals surface area contributed by atoms with Crippen LogP contribution in [0.2, 0.25) is 0 Å². The van der Waals surface area contributed by atoms with Crippen molar-refractivity contribution in [1.29, 1.82) is 5.26 Å². The van der Waals surface area contributed by atoms with Crippen molar-refractivity contribution in [2.45, 2.75) is 11.4 Å². The highest BCUT2D eigenvalue weighted by Crippen LogP contribution is 2.26. The molecule has 0 amide bonds. The highest BCUT2D eigenvalue weighted by Gasteiger charge is 2.47. The van der Waals surface area contributed by atoms with Crippen molar-refractivity contribution in [3.05, 3.63) is 35.9 Å². The van der Waals surface area contributed by atoms with E-state index in [1.165, 1.54) is 12.1 Å². The van der Waals surface area contributed by atoms with E-state index in [2.05, 4.69) is 4.18 Å². The number of hydrogen-bond acceptors (Lipinski definition) is 4. The van der Waals surface area contributed by atoms with Crippen molar-refractivity contribution in [3.63, 3.8) is 0 Å². The molecule has 1 aromatic rings. The van der Waals surface area contributed by atoms with E-state index in [0.717, 1.165) is 0 Å². The van der Waals surface area contributed by atoms with Crippen LogP contribution in [-0.4, -0.2) is 20.5 Å². The van der Waals surface area contributed by atoms with Gasteiger partial charge in [0.25, 0.3) is 0 Å². The summed E-state index contributed by atoms with van der Waals surface area (Å²) in [7, 11) is -5.66. The van der Waals surface area contributed by atoms with E-state index in [4.69, 9.17) is 5.26 Å². The molecule has 0 aromatic heterocycles. The van der Waals surface area contributed by atoms with Gasteiger partial charge in [-0.15, -0.1) is 0 Å². The number of nitrogens with zero attached hydrogens (tertiary/aromatic N) is 1. The first-order valence-corrected chi connectivity index (χ1v) is 6.09. The number of nitriles is 1. The highest BCUT2D eigenvalue weighted by atomic mass is 32.2. The van der Waals surface area contributed by atoms with Crippen molar-refractivity contribution in [3.8, 4) is 6.07 Å². The number of rotatable bonds is 4. The summed E-state index contributed by atoms with van der Waals surface area (Å²) >= 11 is 0. The van der Waals surface area contributed by atoms with Gasteiger partial charge < -0.3 is 0 Å². The predicted octanol–water partition coefficient (Wildman–Crippen LogP) is 2.16. The summed E-state index contributed by atoms with van der Waals surface area (Å²) in [5.41, 5.74) is -5.10. The van der Waals surface area contributed by atoms with Crippen molar-refractivity contribution in [2.75, 3.05) is 6.61 Å². The van der Waals surface area contributed by atoms with Crippen LogP contribution in [0.25, 0.3) is 0 Å². The van der Waals surface area contributed by atoms with Crippen LogP contribution in [0, 0.1) is 11.3 Å². The summed E-state index contributed by atoms with van der Waals surface area (Å²) < 4.78 is 61.1. The fourth-order valence-corrected chi connectivity index (χ4v) is 1.57. The zero-order chi connectivity index (χ0) is 13.8. The van der Waals surface area contributed by atoms with E-state index in [1.54, 1.807) is 24.3 Å². The third kappa shape index (κ3) is 3.45. The second-order valence-corrected chi connectivity index (χ2v) is 4.88. The Bertz CT molecular complexity index is 534. The van der Waals surface area contributed by atoms with Gasteiger partial charge in [-0.25, -0.2) is 0 Å². The minimum absolute atomic E-state index is 0.386. The first-order chi connectivity index (χ1) is 8.28. The Hall–Kier alpha value is -1.59. The van der Waals surface area contributed by atoms with Crippen LogP contribution < -0.4 is 0 Å². The fourth-order valence-electron chi connectivity index (χ4n) is 1.12. The summed E-state index contributed by atoms with van der Waals surface area (Å²) in [6, 6.07) is 9.50. The van der Waals surface area contributed by atoms with Gasteiger partial charge in [0.2, 0.25) is 0 Å². The molecule has 0 saturated carbocycles. The molecule has 0 N–H and O–H groups in total. The molecule has 0 heterocycles. The standard InChI is InChI=1S/C10H8F3NO3S/c11-10(12,13)18(15,16)17-7-9(6-14)8-4-2-1-3-5-8/h1-5,9H,7H2. The topological polar surface area (TPSA) is 67.2 Å². The summed E-state index contributed by atoms with van der Waals surface area (Å²) in [5.74, 6) is -1.08. The predicted molar refractivity (Wildman–Crippen MR) is 55.7 cm³/mol. The molecule has 0 radical (unpaired) electrons.